The van der Waals surface area contributed by atoms with Crippen LogP contribution in [-0.2, 0) is 4.79 Å². The van der Waals surface area contributed by atoms with Crippen LogP contribution in [0.15, 0.2) is 24.3 Å². The van der Waals surface area contributed by atoms with Gasteiger partial charge in [0.15, 0.2) is 0 Å². The average molecular weight is 196 g/mol. The molecule has 1 heteroatoms. The van der Waals surface area contributed by atoms with Crippen LogP contribution < -0.4 is 0 Å². The zero-order valence-corrected chi connectivity index (χ0v) is 10.4. The van der Waals surface area contributed by atoms with Crippen LogP contribution >= 0.6 is 0 Å². The summed E-state index contributed by atoms with van der Waals surface area (Å²) in [5.41, 5.74) is 2.68. The van der Waals surface area contributed by atoms with Crippen molar-refractivity contribution in [3.05, 3.63) is 35.4 Å². The topological polar surface area (TPSA) is 17.1 Å². The normalized spacial score (nSPS) is 6.43. The van der Waals surface area contributed by atoms with Gasteiger partial charge in [-0.2, -0.15) is 0 Å². The first-order valence-corrected chi connectivity index (χ1v) is 5.11. The first kappa shape index (κ1) is 18.6. The lowest BCUT2D eigenvalue weighted by Crippen LogP contribution is -1.71. The molecule has 0 heterocycles. The van der Waals surface area contributed by atoms with Gasteiger partial charge >= 0.3 is 0 Å². The number of aryl methyl sites for hydroxylation is 2. The second-order valence-corrected chi connectivity index (χ2v) is 2.16. The van der Waals surface area contributed by atoms with Crippen LogP contribution in [0.25, 0.3) is 0 Å². The van der Waals surface area contributed by atoms with E-state index in [1.165, 1.54) is 11.1 Å². The highest BCUT2D eigenvalue weighted by Gasteiger charge is 1.80. The summed E-state index contributed by atoms with van der Waals surface area (Å²) in [6, 6.07) is 8.45. The monoisotopic (exact) mass is 196 g/mol. The molecule has 82 valence electrons. The summed E-state index contributed by atoms with van der Waals surface area (Å²) in [6.45, 7) is 14.2. The lowest BCUT2D eigenvalue weighted by Gasteiger charge is -1.90. The van der Waals surface area contributed by atoms with Gasteiger partial charge in [0.05, 0.1) is 0 Å². The van der Waals surface area contributed by atoms with E-state index in [-0.39, 0.29) is 0 Å². The zero-order valence-electron chi connectivity index (χ0n) is 10.4. The number of carbonyl (C=O) groups is 1. The third-order valence-corrected chi connectivity index (χ3v) is 1.17. The highest BCUT2D eigenvalue weighted by atomic mass is 16.1. The van der Waals surface area contributed by atoms with Crippen LogP contribution in [0.1, 0.15) is 38.8 Å². The fourth-order valence-corrected chi connectivity index (χ4v) is 0.807. The van der Waals surface area contributed by atoms with Crippen LogP contribution in [0.4, 0.5) is 0 Å². The minimum atomic E-state index is 1.34. The fraction of sp³-hybridized carbons (Fsp3) is 0.462. The molecule has 1 aromatic carbocycles. The van der Waals surface area contributed by atoms with Gasteiger partial charge in [0, 0.05) is 0 Å². The van der Waals surface area contributed by atoms with Gasteiger partial charge in [-0.05, 0) is 13.8 Å². The molecule has 0 atom stereocenters. The molecule has 0 aliphatic carbocycles. The maximum absolute atomic E-state index is 8.00. The summed E-state index contributed by atoms with van der Waals surface area (Å²) in [7, 11) is 0. The van der Waals surface area contributed by atoms with Crippen molar-refractivity contribution in [1.82, 2.24) is 0 Å². The summed E-state index contributed by atoms with van der Waals surface area (Å²) in [4.78, 5) is 8.00. The Balaban J connectivity index is -0.000000174. The molecule has 0 saturated carbocycles. The number of benzene rings is 1. The summed E-state index contributed by atoms with van der Waals surface area (Å²) in [5, 5.41) is 0. The average Bonchev–Trinajstić information content (AvgIpc) is 2.26. The molecule has 0 amide bonds. The summed E-state index contributed by atoms with van der Waals surface area (Å²) >= 11 is 0. The van der Waals surface area contributed by atoms with Gasteiger partial charge in [0.2, 0.25) is 0 Å². The van der Waals surface area contributed by atoms with Gasteiger partial charge in [-0.15, -0.1) is 0 Å². The first-order chi connectivity index (χ1) is 6.79. The molecule has 0 saturated heterocycles. The van der Waals surface area contributed by atoms with E-state index in [0.29, 0.717) is 0 Å². The van der Waals surface area contributed by atoms with E-state index in [1.807, 2.05) is 34.5 Å². The first-order valence-electron chi connectivity index (χ1n) is 5.11. The van der Waals surface area contributed by atoms with Crippen molar-refractivity contribution < 1.29 is 4.79 Å². The maximum atomic E-state index is 8.00. The molecule has 0 N–H and O–H groups in total. The SMILES string of the molecule is C=O.CC.CC.Cc1cccc(C)c1. The Labute approximate surface area is 89.2 Å². The van der Waals surface area contributed by atoms with Crippen molar-refractivity contribution >= 4 is 6.79 Å². The highest BCUT2D eigenvalue weighted by Crippen LogP contribution is 2.00. The molecule has 0 spiro atoms. The van der Waals surface area contributed by atoms with Crippen molar-refractivity contribution in [3.63, 3.8) is 0 Å². The van der Waals surface area contributed by atoms with Gasteiger partial charge in [-0.1, -0.05) is 63.1 Å². The van der Waals surface area contributed by atoms with Crippen LogP contribution in [-0.4, -0.2) is 6.79 Å². The smallest absolute Gasteiger partial charge is 0.106 e. The quantitative estimate of drug-likeness (QED) is 0.608. The maximum Gasteiger partial charge on any atom is 0.106 e. The molecule has 1 rings (SSSR count). The lowest BCUT2D eigenvalue weighted by atomic mass is 10.2. The largest absolute Gasteiger partial charge is 0.307 e. The Morgan fingerprint density at radius 2 is 1.14 bits per heavy atom. The lowest BCUT2D eigenvalue weighted by molar-refractivity contribution is -0.0979. The van der Waals surface area contributed by atoms with Gasteiger partial charge in [-0.25, -0.2) is 0 Å². The number of hydrogen-bond donors (Lipinski definition) is 0. The molecule has 1 aromatic rings. The summed E-state index contributed by atoms with van der Waals surface area (Å²) in [6.07, 6.45) is 0. The Morgan fingerprint density at radius 1 is 0.857 bits per heavy atom. The molecule has 0 unspecified atom stereocenters. The molecule has 0 radical (unpaired) electrons. The van der Waals surface area contributed by atoms with Gasteiger partial charge < -0.3 is 4.79 Å². The predicted molar refractivity (Wildman–Crippen MR) is 65.7 cm³/mol. The second kappa shape index (κ2) is 17.8. The number of rotatable bonds is 0. The minimum Gasteiger partial charge on any atom is -0.307 e. The van der Waals surface area contributed by atoms with Gasteiger partial charge in [0.1, 0.15) is 6.79 Å². The molecular formula is C13H24O. The fourth-order valence-electron chi connectivity index (χ4n) is 0.807. The van der Waals surface area contributed by atoms with Crippen LogP contribution in [0.3, 0.4) is 0 Å². The van der Waals surface area contributed by atoms with Crippen molar-refractivity contribution in [2.75, 3.05) is 0 Å². The summed E-state index contributed by atoms with van der Waals surface area (Å²) in [5.74, 6) is 0. The molecule has 14 heavy (non-hydrogen) atoms. The Hall–Kier alpha value is -1.11. The van der Waals surface area contributed by atoms with Crippen LogP contribution in [0, 0.1) is 13.8 Å². The van der Waals surface area contributed by atoms with Crippen molar-refractivity contribution in [2.24, 2.45) is 0 Å². The Bertz CT molecular complexity index is 177. The van der Waals surface area contributed by atoms with Crippen molar-refractivity contribution in [3.8, 4) is 0 Å². The van der Waals surface area contributed by atoms with E-state index in [2.05, 4.69) is 38.1 Å². The molecule has 1 nitrogen and oxygen atoms in total. The molecule has 0 aliphatic heterocycles. The number of hydrogen-bond acceptors (Lipinski definition) is 1. The van der Waals surface area contributed by atoms with E-state index in [0.717, 1.165) is 0 Å². The molecular weight excluding hydrogens is 172 g/mol. The third-order valence-electron chi connectivity index (χ3n) is 1.17. The van der Waals surface area contributed by atoms with E-state index in [9.17, 15) is 0 Å². The summed E-state index contributed by atoms with van der Waals surface area (Å²) < 4.78 is 0. The molecule has 0 bridgehead atoms. The zero-order chi connectivity index (χ0) is 12.0. The van der Waals surface area contributed by atoms with Gasteiger partial charge in [-0.3, -0.25) is 0 Å². The predicted octanol–water partition coefficient (Wildman–Crippen LogP) is 4.17. The van der Waals surface area contributed by atoms with E-state index in [4.69, 9.17) is 4.79 Å². The molecule has 0 aromatic heterocycles. The van der Waals surface area contributed by atoms with Crippen molar-refractivity contribution in [1.29, 1.82) is 0 Å². The highest BCUT2D eigenvalue weighted by molar-refractivity contribution is 5.20. The molecule has 0 aliphatic rings. The minimum absolute atomic E-state index is 1.34. The standard InChI is InChI=1S/C8H10.2C2H6.CH2O/c1-7-4-3-5-8(2)6-7;3*1-2/h3-6H,1-2H3;2*1-2H3;1H2. The van der Waals surface area contributed by atoms with Gasteiger partial charge in [0.25, 0.3) is 0 Å². The molecule has 0 fully saturated rings. The third kappa shape index (κ3) is 13.5. The second-order valence-electron chi connectivity index (χ2n) is 2.16. The van der Waals surface area contributed by atoms with E-state index in [1.54, 1.807) is 0 Å². The van der Waals surface area contributed by atoms with Crippen LogP contribution in [0.2, 0.25) is 0 Å². The van der Waals surface area contributed by atoms with E-state index < -0.39 is 0 Å². The number of carbonyl (C=O) groups excluding carboxylic acids is 1. The Kier molecular flexibility index (Phi) is 23.7. The van der Waals surface area contributed by atoms with E-state index >= 15 is 0 Å². The van der Waals surface area contributed by atoms with Crippen LogP contribution in [0.5, 0.6) is 0 Å². The van der Waals surface area contributed by atoms with Crippen molar-refractivity contribution in [2.45, 2.75) is 41.5 Å². The Morgan fingerprint density at radius 3 is 1.29 bits per heavy atom.